The molecule has 0 spiro atoms. The topological polar surface area (TPSA) is 101 Å². The number of non-ortho nitro benzene ring substituents is 1. The Bertz CT molecular complexity index is 832. The molecule has 2 amide bonds. The van der Waals surface area contributed by atoms with Crippen molar-refractivity contribution in [1.29, 1.82) is 0 Å². The molecule has 0 aliphatic rings. The number of nitro groups is 1. The first-order valence-corrected chi connectivity index (χ1v) is 9.20. The Hall–Kier alpha value is -2.87. The molecule has 0 radical (unpaired) electrons. The quantitative estimate of drug-likeness (QED) is 0.430. The number of benzene rings is 2. The van der Waals surface area contributed by atoms with Crippen molar-refractivity contribution in [3.8, 4) is 0 Å². The Morgan fingerprint density at radius 1 is 1.11 bits per heavy atom. The van der Waals surface area contributed by atoms with Gasteiger partial charge in [0.25, 0.3) is 5.69 Å². The van der Waals surface area contributed by atoms with Gasteiger partial charge in [-0.1, -0.05) is 18.2 Å². The Morgan fingerprint density at radius 3 is 2.26 bits per heavy atom. The molecule has 8 heteroatoms. The van der Waals surface area contributed by atoms with E-state index in [1.807, 2.05) is 32.0 Å². The molecule has 0 aliphatic heterocycles. The van der Waals surface area contributed by atoms with Crippen molar-refractivity contribution in [2.75, 3.05) is 11.9 Å². The molecule has 0 aliphatic carbocycles. The van der Waals surface area contributed by atoms with E-state index in [1.54, 1.807) is 19.1 Å². The number of thioether (sulfide) groups is 1. The Labute approximate surface area is 161 Å². The summed E-state index contributed by atoms with van der Waals surface area (Å²) >= 11 is 1.27. The molecule has 0 heterocycles. The molecule has 1 unspecified atom stereocenters. The smallest absolute Gasteiger partial charge is 0.269 e. The first-order valence-electron chi connectivity index (χ1n) is 8.33. The third-order valence-corrected chi connectivity index (χ3v) is 5.01. The predicted octanol–water partition coefficient (Wildman–Crippen LogP) is 3.45. The molecule has 7 nitrogen and oxygen atoms in total. The molecule has 2 aromatic carbocycles. The number of nitrogens with zero attached hydrogens (tertiary/aromatic N) is 1. The molecule has 0 bridgehead atoms. The molecule has 142 valence electrons. The van der Waals surface area contributed by atoms with Crippen molar-refractivity contribution in [3.63, 3.8) is 0 Å². The zero-order chi connectivity index (χ0) is 20.0. The van der Waals surface area contributed by atoms with Gasteiger partial charge in [0, 0.05) is 22.7 Å². The number of nitro benzene ring substituents is 1. The third-order valence-electron chi connectivity index (χ3n) is 3.90. The summed E-state index contributed by atoms with van der Waals surface area (Å²) in [4.78, 5) is 35.2. The van der Waals surface area contributed by atoms with Gasteiger partial charge in [0.05, 0.1) is 16.7 Å². The fourth-order valence-corrected chi connectivity index (χ4v) is 3.30. The van der Waals surface area contributed by atoms with Gasteiger partial charge < -0.3 is 10.6 Å². The van der Waals surface area contributed by atoms with Crippen LogP contribution in [0.4, 0.5) is 11.4 Å². The van der Waals surface area contributed by atoms with E-state index in [9.17, 15) is 19.7 Å². The van der Waals surface area contributed by atoms with Gasteiger partial charge in [-0.3, -0.25) is 19.7 Å². The normalized spacial score (nSPS) is 11.5. The number of aryl methyl sites for hydroxylation is 2. The van der Waals surface area contributed by atoms with E-state index in [2.05, 4.69) is 10.6 Å². The Morgan fingerprint density at radius 2 is 1.70 bits per heavy atom. The number of carbonyl (C=O) groups excluding carboxylic acids is 2. The van der Waals surface area contributed by atoms with Crippen molar-refractivity contribution in [3.05, 3.63) is 63.7 Å². The van der Waals surface area contributed by atoms with Crippen LogP contribution in [0.1, 0.15) is 18.1 Å². The highest BCUT2D eigenvalue weighted by Gasteiger charge is 2.16. The van der Waals surface area contributed by atoms with E-state index in [0.29, 0.717) is 0 Å². The van der Waals surface area contributed by atoms with Crippen LogP contribution in [0.15, 0.2) is 47.4 Å². The minimum Gasteiger partial charge on any atom is -0.346 e. The Kier molecular flexibility index (Phi) is 6.95. The summed E-state index contributed by atoms with van der Waals surface area (Å²) in [5.74, 6) is -0.580. The van der Waals surface area contributed by atoms with Gasteiger partial charge in [-0.25, -0.2) is 0 Å². The molecule has 0 saturated carbocycles. The van der Waals surface area contributed by atoms with Gasteiger partial charge in [0.15, 0.2) is 0 Å². The zero-order valence-electron chi connectivity index (χ0n) is 15.3. The highest BCUT2D eigenvalue weighted by Crippen LogP contribution is 2.25. The van der Waals surface area contributed by atoms with Crippen LogP contribution in [0.5, 0.6) is 0 Å². The summed E-state index contributed by atoms with van der Waals surface area (Å²) < 4.78 is 0. The summed E-state index contributed by atoms with van der Waals surface area (Å²) in [6, 6.07) is 11.7. The summed E-state index contributed by atoms with van der Waals surface area (Å²) in [6.45, 7) is 5.40. The van der Waals surface area contributed by atoms with E-state index in [1.165, 1.54) is 23.9 Å². The number of para-hydroxylation sites is 1. The molecular weight excluding hydrogens is 366 g/mol. The van der Waals surface area contributed by atoms with Crippen LogP contribution < -0.4 is 10.6 Å². The average molecular weight is 387 g/mol. The molecule has 2 rings (SSSR count). The van der Waals surface area contributed by atoms with Crippen molar-refractivity contribution >= 4 is 35.0 Å². The number of hydrogen-bond donors (Lipinski definition) is 2. The SMILES string of the molecule is Cc1cccc(C)c1NC(=O)CNC(=O)C(C)Sc1ccc([N+](=O)[O-])cc1. The van der Waals surface area contributed by atoms with E-state index in [4.69, 9.17) is 0 Å². The second-order valence-electron chi connectivity index (χ2n) is 6.04. The Balaban J connectivity index is 1.85. The molecule has 1 atom stereocenters. The van der Waals surface area contributed by atoms with E-state index in [-0.39, 0.29) is 24.0 Å². The second kappa shape index (κ2) is 9.18. The summed E-state index contributed by atoms with van der Waals surface area (Å²) in [5.41, 5.74) is 2.67. The lowest BCUT2D eigenvalue weighted by Crippen LogP contribution is -2.37. The highest BCUT2D eigenvalue weighted by atomic mass is 32.2. The maximum absolute atomic E-state index is 12.2. The van der Waals surface area contributed by atoms with Crippen molar-refractivity contribution in [2.45, 2.75) is 30.9 Å². The molecule has 0 aromatic heterocycles. The maximum Gasteiger partial charge on any atom is 0.269 e. The molecule has 0 fully saturated rings. The van der Waals surface area contributed by atoms with Gasteiger partial charge in [-0.15, -0.1) is 11.8 Å². The lowest BCUT2D eigenvalue weighted by molar-refractivity contribution is -0.384. The summed E-state index contributed by atoms with van der Waals surface area (Å²) in [7, 11) is 0. The van der Waals surface area contributed by atoms with Gasteiger partial charge in [-0.05, 0) is 44.0 Å². The monoisotopic (exact) mass is 387 g/mol. The number of hydrogen-bond acceptors (Lipinski definition) is 5. The molecule has 0 saturated heterocycles. The minimum atomic E-state index is -0.473. The fourth-order valence-electron chi connectivity index (χ4n) is 2.41. The van der Waals surface area contributed by atoms with Crippen molar-refractivity contribution in [1.82, 2.24) is 5.32 Å². The van der Waals surface area contributed by atoms with Gasteiger partial charge in [-0.2, -0.15) is 0 Å². The number of nitrogens with one attached hydrogen (secondary N) is 2. The number of rotatable bonds is 7. The highest BCUT2D eigenvalue weighted by molar-refractivity contribution is 8.00. The fraction of sp³-hybridized carbons (Fsp3) is 0.263. The van der Waals surface area contributed by atoms with Gasteiger partial charge in [0.1, 0.15) is 0 Å². The van der Waals surface area contributed by atoms with Crippen LogP contribution in [-0.4, -0.2) is 28.5 Å². The van der Waals surface area contributed by atoms with Crippen LogP contribution >= 0.6 is 11.8 Å². The molecule has 2 N–H and O–H groups in total. The number of amides is 2. The van der Waals surface area contributed by atoms with E-state index in [0.717, 1.165) is 21.7 Å². The lowest BCUT2D eigenvalue weighted by Gasteiger charge is -2.14. The molecule has 27 heavy (non-hydrogen) atoms. The number of carbonyl (C=O) groups is 2. The summed E-state index contributed by atoms with van der Waals surface area (Å²) in [6.07, 6.45) is 0. The van der Waals surface area contributed by atoms with Crippen LogP contribution in [0.3, 0.4) is 0 Å². The van der Waals surface area contributed by atoms with E-state index < -0.39 is 10.2 Å². The lowest BCUT2D eigenvalue weighted by atomic mass is 10.1. The van der Waals surface area contributed by atoms with E-state index >= 15 is 0 Å². The third kappa shape index (κ3) is 5.82. The first-order chi connectivity index (χ1) is 12.8. The number of anilines is 1. The van der Waals surface area contributed by atoms with Crippen LogP contribution in [0, 0.1) is 24.0 Å². The molecule has 2 aromatic rings. The maximum atomic E-state index is 12.2. The van der Waals surface area contributed by atoms with Gasteiger partial charge >= 0.3 is 0 Å². The standard InChI is InChI=1S/C19H21N3O4S/c1-12-5-4-6-13(2)18(12)21-17(23)11-20-19(24)14(3)27-16-9-7-15(8-10-16)22(25)26/h4-10,14H,11H2,1-3H3,(H,20,24)(H,21,23). The largest absolute Gasteiger partial charge is 0.346 e. The van der Waals surface area contributed by atoms with Crippen molar-refractivity contribution < 1.29 is 14.5 Å². The average Bonchev–Trinajstić information content (AvgIpc) is 2.63. The van der Waals surface area contributed by atoms with Crippen LogP contribution in [-0.2, 0) is 9.59 Å². The summed E-state index contributed by atoms with van der Waals surface area (Å²) in [5, 5.41) is 15.6. The van der Waals surface area contributed by atoms with Crippen LogP contribution in [0.2, 0.25) is 0 Å². The zero-order valence-corrected chi connectivity index (χ0v) is 16.1. The minimum absolute atomic E-state index is 0.000348. The van der Waals surface area contributed by atoms with Crippen molar-refractivity contribution in [2.24, 2.45) is 0 Å². The van der Waals surface area contributed by atoms with Crippen LogP contribution in [0.25, 0.3) is 0 Å². The molecular formula is C19H21N3O4S. The second-order valence-corrected chi connectivity index (χ2v) is 7.46. The predicted molar refractivity (Wildman–Crippen MR) is 106 cm³/mol. The first kappa shape index (κ1) is 20.4. The van der Waals surface area contributed by atoms with Gasteiger partial charge in [0.2, 0.25) is 11.8 Å².